The highest BCUT2D eigenvalue weighted by Crippen LogP contribution is 2.31. The van der Waals surface area contributed by atoms with Gasteiger partial charge >= 0.3 is 0 Å². The van der Waals surface area contributed by atoms with Crippen LogP contribution in [0.3, 0.4) is 0 Å². The number of hydrogen-bond acceptors (Lipinski definition) is 2. The average molecular weight is 354 g/mol. The Morgan fingerprint density at radius 2 is 1.36 bits per heavy atom. The van der Waals surface area contributed by atoms with Gasteiger partial charge in [0.2, 0.25) is 5.91 Å². The number of carbonyl (C=O) groups is 2. The molecule has 0 rings (SSSR count). The highest BCUT2D eigenvalue weighted by atomic mass is 16.1. The van der Waals surface area contributed by atoms with Crippen molar-refractivity contribution in [2.75, 3.05) is 0 Å². The van der Waals surface area contributed by atoms with Gasteiger partial charge in [0.25, 0.3) is 0 Å². The van der Waals surface area contributed by atoms with Gasteiger partial charge in [-0.05, 0) is 46.0 Å². The van der Waals surface area contributed by atoms with Gasteiger partial charge in [0, 0.05) is 23.8 Å². The standard InChI is InChI=1S/C22H43NO2/c1-7-10-18-22(6,9-3)19(24)15-13-11-12-14-16-20(25)23-21(4,5)17-8-2/h7-18H2,1-6H3,(H,23,25). The summed E-state index contributed by atoms with van der Waals surface area (Å²) in [6, 6.07) is 0. The van der Waals surface area contributed by atoms with E-state index in [0.29, 0.717) is 18.6 Å². The summed E-state index contributed by atoms with van der Waals surface area (Å²) in [5.41, 5.74) is -0.220. The molecule has 0 saturated carbocycles. The number of unbranched alkanes of at least 4 members (excludes halogenated alkanes) is 4. The van der Waals surface area contributed by atoms with Gasteiger partial charge < -0.3 is 5.32 Å². The molecular formula is C22H43NO2. The smallest absolute Gasteiger partial charge is 0.220 e. The number of hydrogen-bond donors (Lipinski definition) is 1. The van der Waals surface area contributed by atoms with Crippen LogP contribution in [0.25, 0.3) is 0 Å². The molecular weight excluding hydrogens is 310 g/mol. The molecule has 0 aromatic rings. The van der Waals surface area contributed by atoms with Gasteiger partial charge in [-0.15, -0.1) is 0 Å². The Balaban J connectivity index is 3.92. The van der Waals surface area contributed by atoms with Gasteiger partial charge in [0.05, 0.1) is 0 Å². The van der Waals surface area contributed by atoms with Gasteiger partial charge in [0.15, 0.2) is 0 Å². The maximum Gasteiger partial charge on any atom is 0.220 e. The fourth-order valence-electron chi connectivity index (χ4n) is 3.43. The van der Waals surface area contributed by atoms with E-state index < -0.39 is 0 Å². The van der Waals surface area contributed by atoms with Gasteiger partial charge in [-0.2, -0.15) is 0 Å². The molecule has 1 amide bonds. The first kappa shape index (κ1) is 24.1. The van der Waals surface area contributed by atoms with E-state index in [1.807, 2.05) is 0 Å². The van der Waals surface area contributed by atoms with Crippen molar-refractivity contribution in [3.8, 4) is 0 Å². The van der Waals surface area contributed by atoms with E-state index in [4.69, 9.17) is 0 Å². The quantitative estimate of drug-likeness (QED) is 0.356. The molecule has 1 N–H and O–H groups in total. The normalized spacial score (nSPS) is 14.2. The second kappa shape index (κ2) is 12.5. The first-order valence-corrected chi connectivity index (χ1v) is 10.5. The first-order chi connectivity index (χ1) is 11.7. The van der Waals surface area contributed by atoms with E-state index in [0.717, 1.165) is 64.2 Å². The fraction of sp³-hybridized carbons (Fsp3) is 0.909. The predicted octanol–water partition coefficient (Wildman–Crippen LogP) is 6.20. The van der Waals surface area contributed by atoms with Crippen LogP contribution in [0.4, 0.5) is 0 Å². The molecule has 0 saturated heterocycles. The third-order valence-corrected chi connectivity index (χ3v) is 5.45. The molecule has 1 atom stereocenters. The molecule has 0 aromatic heterocycles. The molecule has 0 aromatic carbocycles. The first-order valence-electron chi connectivity index (χ1n) is 10.5. The van der Waals surface area contributed by atoms with Crippen LogP contribution in [0.1, 0.15) is 119 Å². The topological polar surface area (TPSA) is 46.2 Å². The summed E-state index contributed by atoms with van der Waals surface area (Å²) in [5, 5.41) is 3.12. The van der Waals surface area contributed by atoms with Crippen molar-refractivity contribution in [3.63, 3.8) is 0 Å². The maximum atomic E-state index is 12.5. The van der Waals surface area contributed by atoms with Crippen molar-refractivity contribution in [1.29, 1.82) is 0 Å². The molecule has 25 heavy (non-hydrogen) atoms. The molecule has 0 bridgehead atoms. The number of carbonyl (C=O) groups excluding carboxylic acids is 2. The lowest BCUT2D eigenvalue weighted by Crippen LogP contribution is -2.43. The van der Waals surface area contributed by atoms with Crippen molar-refractivity contribution in [2.45, 2.75) is 124 Å². The predicted molar refractivity (Wildman–Crippen MR) is 108 cm³/mol. The van der Waals surface area contributed by atoms with E-state index in [1.54, 1.807) is 0 Å². The van der Waals surface area contributed by atoms with Gasteiger partial charge in [0.1, 0.15) is 5.78 Å². The SMILES string of the molecule is CCCCC(C)(CC)C(=O)CCCCCCC(=O)NC(C)(C)CCC. The second-order valence-electron chi connectivity index (χ2n) is 8.54. The van der Waals surface area contributed by atoms with Crippen LogP contribution >= 0.6 is 0 Å². The van der Waals surface area contributed by atoms with Crippen molar-refractivity contribution in [3.05, 3.63) is 0 Å². The molecule has 3 nitrogen and oxygen atoms in total. The van der Waals surface area contributed by atoms with Crippen LogP contribution in [0.15, 0.2) is 0 Å². The Morgan fingerprint density at radius 1 is 0.760 bits per heavy atom. The summed E-state index contributed by atoms with van der Waals surface area (Å²) in [5.74, 6) is 0.593. The van der Waals surface area contributed by atoms with Crippen molar-refractivity contribution < 1.29 is 9.59 Å². The molecule has 0 spiro atoms. The summed E-state index contributed by atoms with van der Waals surface area (Å²) in [6.07, 6.45) is 11.6. The van der Waals surface area contributed by atoms with E-state index >= 15 is 0 Å². The summed E-state index contributed by atoms with van der Waals surface area (Å²) < 4.78 is 0. The lowest BCUT2D eigenvalue weighted by atomic mass is 9.77. The van der Waals surface area contributed by atoms with Crippen LogP contribution < -0.4 is 5.32 Å². The summed E-state index contributed by atoms with van der Waals surface area (Å²) in [4.78, 5) is 24.5. The molecule has 0 fully saturated rings. The molecule has 0 aliphatic carbocycles. The third-order valence-electron chi connectivity index (χ3n) is 5.45. The summed E-state index contributed by atoms with van der Waals surface area (Å²) >= 11 is 0. The minimum absolute atomic E-state index is 0.0959. The zero-order valence-corrected chi connectivity index (χ0v) is 17.8. The number of Topliss-reactive ketones (excluding diaryl/α,β-unsaturated/α-hetero) is 1. The van der Waals surface area contributed by atoms with Crippen molar-refractivity contribution >= 4 is 11.7 Å². The van der Waals surface area contributed by atoms with E-state index in [-0.39, 0.29) is 16.9 Å². The van der Waals surface area contributed by atoms with Gasteiger partial charge in [-0.25, -0.2) is 0 Å². The number of rotatable bonds is 15. The number of amides is 1. The number of nitrogens with one attached hydrogen (secondary N) is 1. The van der Waals surface area contributed by atoms with E-state index in [9.17, 15) is 9.59 Å². The van der Waals surface area contributed by atoms with Crippen molar-refractivity contribution in [2.24, 2.45) is 5.41 Å². The van der Waals surface area contributed by atoms with Crippen LogP contribution in [-0.4, -0.2) is 17.2 Å². The Bertz CT molecular complexity index is 389. The molecule has 0 heterocycles. The minimum atomic E-state index is -0.124. The van der Waals surface area contributed by atoms with E-state index in [2.05, 4.69) is 46.9 Å². The highest BCUT2D eigenvalue weighted by molar-refractivity contribution is 5.84. The molecule has 148 valence electrons. The maximum absolute atomic E-state index is 12.5. The zero-order valence-electron chi connectivity index (χ0n) is 17.8. The lowest BCUT2D eigenvalue weighted by Gasteiger charge is -2.26. The van der Waals surface area contributed by atoms with Crippen LogP contribution in [0, 0.1) is 5.41 Å². The van der Waals surface area contributed by atoms with Gasteiger partial charge in [-0.3, -0.25) is 9.59 Å². The molecule has 0 aliphatic rings. The Hall–Kier alpha value is -0.860. The van der Waals surface area contributed by atoms with Crippen LogP contribution in [-0.2, 0) is 9.59 Å². The fourth-order valence-corrected chi connectivity index (χ4v) is 3.43. The highest BCUT2D eigenvalue weighted by Gasteiger charge is 2.29. The van der Waals surface area contributed by atoms with Crippen LogP contribution in [0.5, 0.6) is 0 Å². The second-order valence-corrected chi connectivity index (χ2v) is 8.54. The number of ketones is 1. The Morgan fingerprint density at radius 3 is 1.88 bits per heavy atom. The summed E-state index contributed by atoms with van der Waals surface area (Å²) in [7, 11) is 0. The lowest BCUT2D eigenvalue weighted by molar-refractivity contribution is -0.128. The average Bonchev–Trinajstić information content (AvgIpc) is 2.54. The molecule has 3 heteroatoms. The molecule has 0 radical (unpaired) electrons. The van der Waals surface area contributed by atoms with Gasteiger partial charge in [-0.1, -0.05) is 59.8 Å². The Kier molecular flexibility index (Phi) is 12.1. The van der Waals surface area contributed by atoms with Crippen LogP contribution in [0.2, 0.25) is 0 Å². The summed E-state index contributed by atoms with van der Waals surface area (Å²) in [6.45, 7) is 12.8. The van der Waals surface area contributed by atoms with E-state index in [1.165, 1.54) is 0 Å². The Labute approximate surface area is 156 Å². The molecule has 0 aliphatic heterocycles. The molecule has 1 unspecified atom stereocenters. The van der Waals surface area contributed by atoms with Crippen molar-refractivity contribution in [1.82, 2.24) is 5.32 Å². The minimum Gasteiger partial charge on any atom is -0.351 e. The largest absolute Gasteiger partial charge is 0.351 e. The third kappa shape index (κ3) is 10.7. The monoisotopic (exact) mass is 353 g/mol. The zero-order chi connectivity index (χ0) is 19.3.